The molecule has 2 unspecified atom stereocenters. The standard InChI is InChI=1S/C24H27N3O3S2/c1-16-14-27(15-17(2)25-16)20-8-11-22(18(3)28)23(13-20)26-32(29,30)21-9-6-19(7-10-21)24-5-4-12-31-24/h4-13,16-17,25-26H,14-15H2,1-3H3. The van der Waals surface area contributed by atoms with Gasteiger partial charge in [0, 0.05) is 41.3 Å². The average Bonchev–Trinajstić information content (AvgIpc) is 3.27. The van der Waals surface area contributed by atoms with Crippen LogP contribution in [-0.2, 0) is 10.0 Å². The maximum Gasteiger partial charge on any atom is 0.261 e. The summed E-state index contributed by atoms with van der Waals surface area (Å²) in [5.41, 5.74) is 2.51. The van der Waals surface area contributed by atoms with E-state index in [1.54, 1.807) is 47.7 Å². The Hall–Kier alpha value is -2.68. The third kappa shape index (κ3) is 4.87. The molecule has 0 bridgehead atoms. The third-order valence-electron chi connectivity index (χ3n) is 5.52. The van der Waals surface area contributed by atoms with E-state index in [4.69, 9.17) is 0 Å². The number of carbonyl (C=O) groups is 1. The molecule has 0 amide bonds. The smallest absolute Gasteiger partial charge is 0.261 e. The number of nitrogens with one attached hydrogen (secondary N) is 2. The molecule has 0 radical (unpaired) electrons. The molecule has 6 nitrogen and oxygen atoms in total. The summed E-state index contributed by atoms with van der Waals surface area (Å²) in [6.07, 6.45) is 0. The molecule has 4 rings (SSSR count). The summed E-state index contributed by atoms with van der Waals surface area (Å²) < 4.78 is 28.9. The molecule has 0 saturated carbocycles. The number of piperazine rings is 1. The number of hydrogen-bond donors (Lipinski definition) is 2. The maximum absolute atomic E-state index is 13.1. The van der Waals surface area contributed by atoms with E-state index in [1.165, 1.54) is 6.92 Å². The molecule has 2 heterocycles. The van der Waals surface area contributed by atoms with Gasteiger partial charge >= 0.3 is 0 Å². The highest BCUT2D eigenvalue weighted by atomic mass is 32.2. The van der Waals surface area contributed by atoms with E-state index in [1.807, 2.05) is 23.6 Å². The highest BCUT2D eigenvalue weighted by Gasteiger charge is 2.23. The van der Waals surface area contributed by atoms with Crippen LogP contribution in [0.3, 0.4) is 0 Å². The fourth-order valence-electron chi connectivity index (χ4n) is 4.10. The van der Waals surface area contributed by atoms with Crippen molar-refractivity contribution in [3.8, 4) is 10.4 Å². The van der Waals surface area contributed by atoms with E-state index in [9.17, 15) is 13.2 Å². The van der Waals surface area contributed by atoms with Crippen molar-refractivity contribution in [2.24, 2.45) is 0 Å². The molecule has 8 heteroatoms. The average molecular weight is 470 g/mol. The van der Waals surface area contributed by atoms with Gasteiger partial charge in [0.25, 0.3) is 10.0 Å². The molecule has 1 aliphatic heterocycles. The van der Waals surface area contributed by atoms with Crippen LogP contribution in [0.4, 0.5) is 11.4 Å². The van der Waals surface area contributed by atoms with Crippen LogP contribution < -0.4 is 14.9 Å². The Bertz CT molecular complexity index is 1200. The molecule has 0 spiro atoms. The first-order valence-corrected chi connectivity index (χ1v) is 12.9. The Kier molecular flexibility index (Phi) is 6.37. The van der Waals surface area contributed by atoms with Crippen LogP contribution >= 0.6 is 11.3 Å². The van der Waals surface area contributed by atoms with Gasteiger partial charge in [-0.3, -0.25) is 9.52 Å². The number of thiophene rings is 1. The van der Waals surface area contributed by atoms with Crippen molar-refractivity contribution < 1.29 is 13.2 Å². The summed E-state index contributed by atoms with van der Waals surface area (Å²) in [5, 5.41) is 5.47. The summed E-state index contributed by atoms with van der Waals surface area (Å²) in [6.45, 7) is 7.30. The maximum atomic E-state index is 13.1. The number of Topliss-reactive ketones (excluding diaryl/α,β-unsaturated/α-hetero) is 1. The van der Waals surface area contributed by atoms with Crippen LogP contribution in [0.2, 0.25) is 0 Å². The first kappa shape index (κ1) is 22.5. The Morgan fingerprint density at radius 1 is 1.06 bits per heavy atom. The lowest BCUT2D eigenvalue weighted by Gasteiger charge is -2.38. The van der Waals surface area contributed by atoms with Crippen molar-refractivity contribution in [3.05, 3.63) is 65.5 Å². The summed E-state index contributed by atoms with van der Waals surface area (Å²) >= 11 is 1.60. The minimum atomic E-state index is -3.85. The molecule has 2 atom stereocenters. The lowest BCUT2D eigenvalue weighted by molar-refractivity contribution is 0.101. The highest BCUT2D eigenvalue weighted by Crippen LogP contribution is 2.29. The Morgan fingerprint density at radius 3 is 2.34 bits per heavy atom. The zero-order chi connectivity index (χ0) is 22.9. The van der Waals surface area contributed by atoms with Crippen molar-refractivity contribution in [1.29, 1.82) is 0 Å². The second-order valence-electron chi connectivity index (χ2n) is 8.27. The Morgan fingerprint density at radius 2 is 1.75 bits per heavy atom. The normalized spacial score (nSPS) is 19.0. The van der Waals surface area contributed by atoms with E-state index in [0.29, 0.717) is 23.3 Å². The molecule has 32 heavy (non-hydrogen) atoms. The molecule has 1 fully saturated rings. The number of hydrogen-bond acceptors (Lipinski definition) is 6. The first-order valence-electron chi connectivity index (χ1n) is 10.6. The van der Waals surface area contributed by atoms with Crippen molar-refractivity contribution in [1.82, 2.24) is 5.32 Å². The van der Waals surface area contributed by atoms with Crippen LogP contribution in [-0.4, -0.2) is 39.4 Å². The van der Waals surface area contributed by atoms with Crippen LogP contribution in [0, 0.1) is 0 Å². The van der Waals surface area contributed by atoms with Crippen LogP contribution in [0.5, 0.6) is 0 Å². The first-order chi connectivity index (χ1) is 15.2. The largest absolute Gasteiger partial charge is 0.368 e. The minimum absolute atomic E-state index is 0.155. The lowest BCUT2D eigenvalue weighted by Crippen LogP contribution is -2.54. The highest BCUT2D eigenvalue weighted by molar-refractivity contribution is 7.92. The molecule has 1 aliphatic rings. The van der Waals surface area contributed by atoms with Crippen LogP contribution in [0.15, 0.2) is 64.9 Å². The zero-order valence-electron chi connectivity index (χ0n) is 18.3. The Labute approximate surface area is 193 Å². The van der Waals surface area contributed by atoms with Gasteiger partial charge in [-0.25, -0.2) is 8.42 Å². The predicted molar refractivity (Wildman–Crippen MR) is 131 cm³/mol. The van der Waals surface area contributed by atoms with Gasteiger partial charge in [0.2, 0.25) is 0 Å². The number of anilines is 2. The van der Waals surface area contributed by atoms with Gasteiger partial charge in [-0.1, -0.05) is 18.2 Å². The van der Waals surface area contributed by atoms with Gasteiger partial charge in [-0.05, 0) is 68.1 Å². The number of rotatable bonds is 6. The fraction of sp³-hybridized carbons (Fsp3) is 0.292. The van der Waals surface area contributed by atoms with Gasteiger partial charge in [0.1, 0.15) is 0 Å². The second-order valence-corrected chi connectivity index (χ2v) is 10.9. The second kappa shape index (κ2) is 9.05. The van der Waals surface area contributed by atoms with Gasteiger partial charge in [-0.2, -0.15) is 0 Å². The quantitative estimate of drug-likeness (QED) is 0.516. The van der Waals surface area contributed by atoms with Crippen molar-refractivity contribution in [2.45, 2.75) is 37.8 Å². The van der Waals surface area contributed by atoms with Crippen molar-refractivity contribution in [3.63, 3.8) is 0 Å². The number of nitrogens with zero attached hydrogens (tertiary/aromatic N) is 1. The van der Waals surface area contributed by atoms with E-state index in [-0.39, 0.29) is 10.7 Å². The SMILES string of the molecule is CC(=O)c1ccc(N2CC(C)NC(C)C2)cc1NS(=O)(=O)c1ccc(-c2cccs2)cc1. The topological polar surface area (TPSA) is 78.5 Å². The van der Waals surface area contributed by atoms with Gasteiger partial charge < -0.3 is 10.2 Å². The van der Waals surface area contributed by atoms with E-state index >= 15 is 0 Å². The number of benzene rings is 2. The monoisotopic (exact) mass is 469 g/mol. The van der Waals surface area contributed by atoms with Gasteiger partial charge in [-0.15, -0.1) is 11.3 Å². The van der Waals surface area contributed by atoms with E-state index in [0.717, 1.165) is 29.2 Å². The van der Waals surface area contributed by atoms with Crippen LogP contribution in [0.25, 0.3) is 10.4 Å². The summed E-state index contributed by atoms with van der Waals surface area (Å²) in [7, 11) is -3.85. The summed E-state index contributed by atoms with van der Waals surface area (Å²) in [5.74, 6) is -0.190. The molecule has 2 aromatic carbocycles. The van der Waals surface area contributed by atoms with Gasteiger partial charge in [0.15, 0.2) is 5.78 Å². The van der Waals surface area contributed by atoms with Gasteiger partial charge in [0.05, 0.1) is 10.6 Å². The fourth-order valence-corrected chi connectivity index (χ4v) is 5.91. The molecular weight excluding hydrogens is 442 g/mol. The number of carbonyl (C=O) groups excluding carboxylic acids is 1. The predicted octanol–water partition coefficient (Wildman–Crippen LogP) is 4.61. The van der Waals surface area contributed by atoms with Crippen LogP contribution in [0.1, 0.15) is 31.1 Å². The third-order valence-corrected chi connectivity index (χ3v) is 7.82. The molecule has 0 aliphatic carbocycles. The molecule has 3 aromatic rings. The van der Waals surface area contributed by atoms with Crippen molar-refractivity contribution >= 4 is 38.5 Å². The van der Waals surface area contributed by atoms with E-state index in [2.05, 4.69) is 28.8 Å². The molecule has 1 saturated heterocycles. The molecule has 168 valence electrons. The summed E-state index contributed by atoms with van der Waals surface area (Å²) in [6, 6.07) is 16.7. The minimum Gasteiger partial charge on any atom is -0.368 e. The summed E-state index contributed by atoms with van der Waals surface area (Å²) in [4.78, 5) is 15.6. The molecular formula is C24H27N3O3S2. The van der Waals surface area contributed by atoms with E-state index < -0.39 is 10.0 Å². The van der Waals surface area contributed by atoms with Crippen molar-refractivity contribution in [2.75, 3.05) is 22.7 Å². The number of sulfonamides is 1. The Balaban J connectivity index is 1.63. The molecule has 2 N–H and O–H groups in total. The lowest BCUT2D eigenvalue weighted by atomic mass is 10.1. The molecule has 1 aromatic heterocycles. The number of ketones is 1. The zero-order valence-corrected chi connectivity index (χ0v) is 20.0.